The van der Waals surface area contributed by atoms with Gasteiger partial charge in [0, 0.05) is 6.20 Å². The van der Waals surface area contributed by atoms with Crippen LogP contribution in [0.2, 0.25) is 4.34 Å². The SMILES string of the molecule is O=C(O)c1ccc(NS(=O)(=O)c2ccc(Cl)s2)nc1. The van der Waals surface area contributed by atoms with Crippen LogP contribution in [0.1, 0.15) is 10.4 Å². The first-order valence-electron chi connectivity index (χ1n) is 4.86. The zero-order valence-electron chi connectivity index (χ0n) is 9.20. The van der Waals surface area contributed by atoms with E-state index in [9.17, 15) is 13.2 Å². The van der Waals surface area contributed by atoms with E-state index in [1.165, 1.54) is 24.3 Å². The largest absolute Gasteiger partial charge is 0.478 e. The molecule has 0 bridgehead atoms. The predicted octanol–water partition coefficient (Wildman–Crippen LogP) is 2.30. The molecule has 0 radical (unpaired) electrons. The van der Waals surface area contributed by atoms with Crippen LogP contribution >= 0.6 is 22.9 Å². The molecule has 100 valence electrons. The lowest BCUT2D eigenvalue weighted by molar-refractivity contribution is 0.0696. The van der Waals surface area contributed by atoms with Crippen molar-refractivity contribution in [2.45, 2.75) is 4.21 Å². The Balaban J connectivity index is 2.23. The number of nitrogens with one attached hydrogen (secondary N) is 1. The Labute approximate surface area is 117 Å². The third-order valence-electron chi connectivity index (χ3n) is 2.06. The lowest BCUT2D eigenvalue weighted by Crippen LogP contribution is -2.12. The van der Waals surface area contributed by atoms with Crippen LogP contribution in [0.15, 0.2) is 34.7 Å². The number of pyridine rings is 1. The molecule has 9 heteroatoms. The lowest BCUT2D eigenvalue weighted by atomic mass is 10.3. The smallest absolute Gasteiger partial charge is 0.337 e. The van der Waals surface area contributed by atoms with E-state index in [0.29, 0.717) is 4.34 Å². The summed E-state index contributed by atoms with van der Waals surface area (Å²) in [5, 5.41) is 8.70. The van der Waals surface area contributed by atoms with Crippen molar-refractivity contribution in [2.24, 2.45) is 0 Å². The van der Waals surface area contributed by atoms with Crippen molar-refractivity contribution in [1.29, 1.82) is 0 Å². The van der Waals surface area contributed by atoms with Gasteiger partial charge in [0.25, 0.3) is 10.0 Å². The molecule has 0 aliphatic carbocycles. The molecule has 2 aromatic rings. The van der Waals surface area contributed by atoms with E-state index < -0.39 is 16.0 Å². The highest BCUT2D eigenvalue weighted by atomic mass is 35.5. The summed E-state index contributed by atoms with van der Waals surface area (Å²) in [7, 11) is -3.75. The summed E-state index contributed by atoms with van der Waals surface area (Å²) in [5.41, 5.74) is -0.0258. The molecule has 2 aromatic heterocycles. The van der Waals surface area contributed by atoms with E-state index in [1.54, 1.807) is 0 Å². The fourth-order valence-corrected chi connectivity index (χ4v) is 3.70. The van der Waals surface area contributed by atoms with Crippen LogP contribution in [0.3, 0.4) is 0 Å². The van der Waals surface area contributed by atoms with Gasteiger partial charge in [0.2, 0.25) is 0 Å². The van der Waals surface area contributed by atoms with E-state index in [-0.39, 0.29) is 15.6 Å². The van der Waals surface area contributed by atoms with Crippen molar-refractivity contribution < 1.29 is 18.3 Å². The Bertz CT molecular complexity index is 709. The molecule has 0 amide bonds. The number of anilines is 1. The number of aromatic nitrogens is 1. The fraction of sp³-hybridized carbons (Fsp3) is 0. The number of sulfonamides is 1. The summed E-state index contributed by atoms with van der Waals surface area (Å²) >= 11 is 6.59. The van der Waals surface area contributed by atoms with E-state index >= 15 is 0 Å². The molecule has 0 fully saturated rings. The minimum Gasteiger partial charge on any atom is -0.478 e. The molecule has 6 nitrogen and oxygen atoms in total. The number of carboxylic acids is 1. The molecule has 0 aliphatic rings. The Morgan fingerprint density at radius 2 is 2.05 bits per heavy atom. The molecule has 2 N–H and O–H groups in total. The van der Waals surface area contributed by atoms with E-state index in [0.717, 1.165) is 17.5 Å². The Morgan fingerprint density at radius 3 is 2.53 bits per heavy atom. The fourth-order valence-electron chi connectivity index (χ4n) is 1.21. The van der Waals surface area contributed by atoms with Crippen molar-refractivity contribution in [1.82, 2.24) is 4.98 Å². The summed E-state index contributed by atoms with van der Waals surface area (Å²) in [6.07, 6.45) is 1.07. The van der Waals surface area contributed by atoms with Gasteiger partial charge in [0.15, 0.2) is 0 Å². The number of rotatable bonds is 4. The highest BCUT2D eigenvalue weighted by Gasteiger charge is 2.17. The molecule has 0 spiro atoms. The van der Waals surface area contributed by atoms with Crippen LogP contribution in [-0.4, -0.2) is 24.5 Å². The summed E-state index contributed by atoms with van der Waals surface area (Å²) in [6, 6.07) is 5.38. The zero-order valence-corrected chi connectivity index (χ0v) is 11.6. The maximum absolute atomic E-state index is 11.9. The second-order valence-electron chi connectivity index (χ2n) is 3.40. The van der Waals surface area contributed by atoms with Crippen molar-refractivity contribution >= 4 is 44.7 Å². The number of nitrogens with zero attached hydrogens (tertiary/aromatic N) is 1. The third kappa shape index (κ3) is 3.22. The minimum absolute atomic E-state index is 0.0258. The quantitative estimate of drug-likeness (QED) is 0.901. The van der Waals surface area contributed by atoms with Crippen LogP contribution in [0.4, 0.5) is 5.82 Å². The number of hydrogen-bond donors (Lipinski definition) is 2. The average molecular weight is 319 g/mol. The first kappa shape index (κ1) is 13.8. The number of thiophene rings is 1. The Morgan fingerprint density at radius 1 is 1.32 bits per heavy atom. The highest BCUT2D eigenvalue weighted by Crippen LogP contribution is 2.26. The molecule has 19 heavy (non-hydrogen) atoms. The minimum atomic E-state index is -3.75. The molecule has 0 aliphatic heterocycles. The topological polar surface area (TPSA) is 96.4 Å². The third-order valence-corrected chi connectivity index (χ3v) is 5.14. The summed E-state index contributed by atoms with van der Waals surface area (Å²) in [4.78, 5) is 14.3. The summed E-state index contributed by atoms with van der Waals surface area (Å²) < 4.78 is 26.5. The van der Waals surface area contributed by atoms with Crippen molar-refractivity contribution in [3.63, 3.8) is 0 Å². The van der Waals surface area contributed by atoms with Gasteiger partial charge >= 0.3 is 5.97 Å². The predicted molar refractivity (Wildman–Crippen MR) is 71.3 cm³/mol. The van der Waals surface area contributed by atoms with Crippen LogP contribution in [-0.2, 0) is 10.0 Å². The molecule has 2 rings (SSSR count). The van der Waals surface area contributed by atoms with Crippen molar-refractivity contribution in [3.05, 3.63) is 40.4 Å². The standard InChI is InChI=1S/C10H7ClN2O4S2/c11-7-2-4-9(18-7)19(16,17)13-8-3-1-6(5-12-8)10(14)15/h1-5H,(H,12,13)(H,14,15). The normalized spacial score (nSPS) is 11.2. The average Bonchev–Trinajstić information content (AvgIpc) is 2.77. The van der Waals surface area contributed by atoms with Gasteiger partial charge in [0.05, 0.1) is 9.90 Å². The van der Waals surface area contributed by atoms with Gasteiger partial charge in [0.1, 0.15) is 10.0 Å². The van der Waals surface area contributed by atoms with Gasteiger partial charge in [-0.05, 0) is 24.3 Å². The van der Waals surface area contributed by atoms with Crippen molar-refractivity contribution in [3.8, 4) is 0 Å². The van der Waals surface area contributed by atoms with Gasteiger partial charge in [-0.15, -0.1) is 11.3 Å². The monoisotopic (exact) mass is 318 g/mol. The first-order chi connectivity index (χ1) is 8.88. The number of hydrogen-bond acceptors (Lipinski definition) is 5. The molecular formula is C10H7ClN2O4S2. The van der Waals surface area contributed by atoms with E-state index in [1.807, 2.05) is 0 Å². The summed E-state index contributed by atoms with van der Waals surface area (Å²) in [5.74, 6) is -1.10. The van der Waals surface area contributed by atoms with Gasteiger partial charge in [-0.3, -0.25) is 4.72 Å². The number of halogens is 1. The van der Waals surface area contributed by atoms with Gasteiger partial charge in [-0.1, -0.05) is 11.6 Å². The Kier molecular flexibility index (Phi) is 3.74. The molecule has 0 atom stereocenters. The number of carbonyl (C=O) groups is 1. The Hall–Kier alpha value is -1.64. The van der Waals surface area contributed by atoms with Gasteiger partial charge in [-0.25, -0.2) is 18.2 Å². The zero-order chi connectivity index (χ0) is 14.0. The second kappa shape index (κ2) is 5.16. The second-order valence-corrected chi connectivity index (χ2v) is 7.03. The molecular weight excluding hydrogens is 312 g/mol. The van der Waals surface area contributed by atoms with Crippen LogP contribution in [0.5, 0.6) is 0 Å². The number of carboxylic acid groups (broad SMARTS) is 1. The van der Waals surface area contributed by atoms with Gasteiger partial charge in [-0.2, -0.15) is 0 Å². The molecule has 2 heterocycles. The van der Waals surface area contributed by atoms with Crippen LogP contribution < -0.4 is 4.72 Å². The molecule has 0 aromatic carbocycles. The van der Waals surface area contributed by atoms with Crippen LogP contribution in [0, 0.1) is 0 Å². The lowest BCUT2D eigenvalue weighted by Gasteiger charge is -2.05. The van der Waals surface area contributed by atoms with Crippen LogP contribution in [0.25, 0.3) is 0 Å². The van der Waals surface area contributed by atoms with E-state index in [2.05, 4.69) is 9.71 Å². The van der Waals surface area contributed by atoms with E-state index in [4.69, 9.17) is 16.7 Å². The molecule has 0 saturated carbocycles. The summed E-state index contributed by atoms with van der Waals surface area (Å²) in [6.45, 7) is 0. The van der Waals surface area contributed by atoms with Crippen molar-refractivity contribution in [2.75, 3.05) is 4.72 Å². The maximum Gasteiger partial charge on any atom is 0.337 e. The van der Waals surface area contributed by atoms with Gasteiger partial charge < -0.3 is 5.11 Å². The molecule has 0 saturated heterocycles. The number of aromatic carboxylic acids is 1. The first-order valence-corrected chi connectivity index (χ1v) is 7.54. The molecule has 0 unspecified atom stereocenters. The maximum atomic E-state index is 11.9. The highest BCUT2D eigenvalue weighted by molar-refractivity contribution is 7.94.